The second-order valence-corrected chi connectivity index (χ2v) is 6.75. The van der Waals surface area contributed by atoms with Gasteiger partial charge >= 0.3 is 0 Å². The number of benzene rings is 1. The highest BCUT2D eigenvalue weighted by atomic mass is 35.5. The van der Waals surface area contributed by atoms with E-state index in [0.29, 0.717) is 12.0 Å². The highest BCUT2D eigenvalue weighted by Gasteiger charge is 2.42. The van der Waals surface area contributed by atoms with Gasteiger partial charge in [-0.15, -0.1) is 11.6 Å². The van der Waals surface area contributed by atoms with Gasteiger partial charge in [-0.1, -0.05) is 26.7 Å². The van der Waals surface area contributed by atoms with Crippen molar-refractivity contribution in [1.82, 2.24) is 0 Å². The maximum Gasteiger partial charge on any atom is 0.161 e. The average Bonchev–Trinajstić information content (AvgIpc) is 2.81. The average molecular weight is 305 g/mol. The fourth-order valence-corrected chi connectivity index (χ4v) is 3.99. The molecule has 0 radical (unpaired) electrons. The van der Waals surface area contributed by atoms with Gasteiger partial charge in [-0.25, -0.2) is 13.2 Å². The molecule has 20 heavy (non-hydrogen) atoms. The summed E-state index contributed by atoms with van der Waals surface area (Å²) in [4.78, 5) is 0. The molecule has 112 valence electrons. The molecule has 1 atom stereocenters. The molecule has 0 bridgehead atoms. The van der Waals surface area contributed by atoms with E-state index >= 15 is 0 Å². The first-order valence-corrected chi connectivity index (χ1v) is 7.58. The van der Waals surface area contributed by atoms with Crippen molar-refractivity contribution >= 4 is 11.6 Å². The van der Waals surface area contributed by atoms with E-state index in [4.69, 9.17) is 11.6 Å². The molecule has 1 aromatic rings. The van der Waals surface area contributed by atoms with Crippen LogP contribution in [0.2, 0.25) is 0 Å². The predicted octanol–water partition coefficient (Wildman–Crippen LogP) is 5.99. The molecule has 2 rings (SSSR count). The number of halogens is 4. The minimum atomic E-state index is -1.17. The molecule has 1 saturated carbocycles. The summed E-state index contributed by atoms with van der Waals surface area (Å²) < 4.78 is 40.4. The summed E-state index contributed by atoms with van der Waals surface area (Å²) >= 11 is 6.51. The maximum absolute atomic E-state index is 14.0. The number of hydrogen-bond acceptors (Lipinski definition) is 0. The van der Waals surface area contributed by atoms with Gasteiger partial charge in [-0.2, -0.15) is 0 Å². The fraction of sp³-hybridized carbons (Fsp3) is 0.625. The van der Waals surface area contributed by atoms with Crippen LogP contribution in [-0.2, 0) is 0 Å². The molecule has 0 aliphatic heterocycles. The van der Waals surface area contributed by atoms with Crippen molar-refractivity contribution in [3.63, 3.8) is 0 Å². The lowest BCUT2D eigenvalue weighted by Gasteiger charge is -2.36. The molecule has 0 aromatic heterocycles. The van der Waals surface area contributed by atoms with Crippen molar-refractivity contribution in [2.45, 2.75) is 51.3 Å². The van der Waals surface area contributed by atoms with Gasteiger partial charge in [0.2, 0.25) is 0 Å². The Morgan fingerprint density at radius 1 is 1.05 bits per heavy atom. The third kappa shape index (κ3) is 2.98. The van der Waals surface area contributed by atoms with Crippen LogP contribution in [0, 0.1) is 28.8 Å². The Balaban J connectivity index is 2.37. The van der Waals surface area contributed by atoms with Crippen LogP contribution in [0.5, 0.6) is 0 Å². The van der Waals surface area contributed by atoms with Gasteiger partial charge in [0.1, 0.15) is 5.82 Å². The van der Waals surface area contributed by atoms with E-state index in [9.17, 15) is 13.2 Å². The minimum Gasteiger partial charge on any atom is -0.207 e. The Bertz CT molecular complexity index is 479. The van der Waals surface area contributed by atoms with E-state index in [1.165, 1.54) is 0 Å². The van der Waals surface area contributed by atoms with Crippen molar-refractivity contribution in [2.75, 3.05) is 0 Å². The molecule has 0 amide bonds. The van der Waals surface area contributed by atoms with Gasteiger partial charge in [-0.05, 0) is 36.7 Å². The zero-order valence-electron chi connectivity index (χ0n) is 11.9. The van der Waals surface area contributed by atoms with E-state index in [1.807, 2.05) is 0 Å². The lowest BCUT2D eigenvalue weighted by Crippen LogP contribution is -2.25. The summed E-state index contributed by atoms with van der Waals surface area (Å²) in [5, 5.41) is -0.609. The van der Waals surface area contributed by atoms with Gasteiger partial charge in [-0.3, -0.25) is 0 Å². The molecule has 0 spiro atoms. The molecule has 1 unspecified atom stereocenters. The third-order valence-corrected chi connectivity index (χ3v) is 4.96. The monoisotopic (exact) mass is 304 g/mol. The van der Waals surface area contributed by atoms with Gasteiger partial charge in [0.15, 0.2) is 11.6 Å². The summed E-state index contributed by atoms with van der Waals surface area (Å²) in [6.07, 6.45) is 4.82. The van der Waals surface area contributed by atoms with Crippen LogP contribution in [0.1, 0.15) is 56.9 Å². The summed E-state index contributed by atoms with van der Waals surface area (Å²) in [7, 11) is 0. The first-order valence-electron chi connectivity index (χ1n) is 7.14. The molecule has 0 heterocycles. The van der Waals surface area contributed by atoms with Gasteiger partial charge in [0.05, 0.1) is 5.38 Å². The molecular formula is C16H20ClF3. The van der Waals surface area contributed by atoms with Crippen LogP contribution in [-0.4, -0.2) is 0 Å². The maximum atomic E-state index is 14.0. The minimum absolute atomic E-state index is 0.0908. The van der Waals surface area contributed by atoms with Crippen LogP contribution in [0.4, 0.5) is 13.2 Å². The SMILES string of the molecule is CC(C)CC1(C(Cl)c2cc(F)c(F)cc2F)CCCC1. The lowest BCUT2D eigenvalue weighted by atomic mass is 9.73. The molecule has 0 nitrogen and oxygen atoms in total. The molecular weight excluding hydrogens is 285 g/mol. The highest BCUT2D eigenvalue weighted by Crippen LogP contribution is 2.55. The number of rotatable bonds is 4. The van der Waals surface area contributed by atoms with Crippen molar-refractivity contribution in [3.05, 3.63) is 35.1 Å². The summed E-state index contributed by atoms with van der Waals surface area (Å²) in [6.45, 7) is 4.20. The van der Waals surface area contributed by atoms with Crippen molar-refractivity contribution in [3.8, 4) is 0 Å². The highest BCUT2D eigenvalue weighted by molar-refractivity contribution is 6.21. The molecule has 1 aliphatic rings. The molecule has 1 aromatic carbocycles. The zero-order chi connectivity index (χ0) is 14.9. The van der Waals surface area contributed by atoms with Gasteiger partial charge in [0, 0.05) is 11.6 Å². The largest absolute Gasteiger partial charge is 0.207 e. The molecule has 1 aliphatic carbocycles. The van der Waals surface area contributed by atoms with E-state index in [1.54, 1.807) is 0 Å². The van der Waals surface area contributed by atoms with Crippen molar-refractivity contribution in [2.24, 2.45) is 11.3 Å². The molecule has 1 fully saturated rings. The Morgan fingerprint density at radius 2 is 1.60 bits per heavy atom. The van der Waals surface area contributed by atoms with Gasteiger partial charge in [0.25, 0.3) is 0 Å². The van der Waals surface area contributed by atoms with Crippen LogP contribution in [0.3, 0.4) is 0 Å². The smallest absolute Gasteiger partial charge is 0.161 e. The summed E-state index contributed by atoms with van der Waals surface area (Å²) in [6, 6.07) is 1.51. The Labute approximate surface area is 123 Å². The van der Waals surface area contributed by atoms with Crippen LogP contribution in [0.15, 0.2) is 12.1 Å². The number of alkyl halides is 1. The van der Waals surface area contributed by atoms with Crippen LogP contribution < -0.4 is 0 Å². The quantitative estimate of drug-likeness (QED) is 0.473. The number of hydrogen-bond donors (Lipinski definition) is 0. The van der Waals surface area contributed by atoms with E-state index in [-0.39, 0.29) is 11.0 Å². The van der Waals surface area contributed by atoms with E-state index in [2.05, 4.69) is 13.8 Å². The van der Waals surface area contributed by atoms with Crippen LogP contribution in [0.25, 0.3) is 0 Å². The second kappa shape index (κ2) is 5.97. The third-order valence-electron chi connectivity index (χ3n) is 4.26. The van der Waals surface area contributed by atoms with Crippen LogP contribution >= 0.6 is 11.6 Å². The fourth-order valence-electron chi connectivity index (χ4n) is 3.52. The second-order valence-electron chi connectivity index (χ2n) is 6.32. The van der Waals surface area contributed by atoms with E-state index in [0.717, 1.165) is 38.2 Å². The molecule has 0 saturated heterocycles. The summed E-state index contributed by atoms with van der Waals surface area (Å²) in [5.41, 5.74) is -0.117. The Kier molecular flexibility index (Phi) is 4.68. The Hall–Kier alpha value is -0.700. The standard InChI is InChI=1S/C16H20ClF3/c1-10(2)9-16(5-3-4-6-16)15(17)11-7-13(19)14(20)8-12(11)18/h7-8,10,15H,3-6,9H2,1-2H3. The first kappa shape index (κ1) is 15.7. The summed E-state index contributed by atoms with van der Waals surface area (Å²) in [5.74, 6) is -2.52. The topological polar surface area (TPSA) is 0 Å². The predicted molar refractivity (Wildman–Crippen MR) is 75.3 cm³/mol. The van der Waals surface area contributed by atoms with Gasteiger partial charge < -0.3 is 0 Å². The molecule has 0 N–H and O–H groups in total. The normalized spacial score (nSPS) is 19.6. The van der Waals surface area contributed by atoms with Crippen molar-refractivity contribution < 1.29 is 13.2 Å². The first-order chi connectivity index (χ1) is 9.35. The lowest BCUT2D eigenvalue weighted by molar-refractivity contribution is 0.220. The molecule has 4 heteroatoms. The Morgan fingerprint density at radius 3 is 2.15 bits per heavy atom. The van der Waals surface area contributed by atoms with E-state index < -0.39 is 22.8 Å². The zero-order valence-corrected chi connectivity index (χ0v) is 12.6. The van der Waals surface area contributed by atoms with Crippen molar-refractivity contribution in [1.29, 1.82) is 0 Å².